The van der Waals surface area contributed by atoms with Crippen LogP contribution in [0.4, 0.5) is 10.1 Å². The summed E-state index contributed by atoms with van der Waals surface area (Å²) in [4.78, 5) is 25.0. The lowest BCUT2D eigenvalue weighted by Crippen LogP contribution is -2.52. The minimum Gasteiger partial charge on any atom is -0.314 e. The van der Waals surface area contributed by atoms with Crippen LogP contribution in [0.5, 0.6) is 0 Å². The van der Waals surface area contributed by atoms with Crippen LogP contribution in [0.1, 0.15) is 22.3 Å². The number of halogens is 3. The van der Waals surface area contributed by atoms with E-state index in [2.05, 4.69) is 10.2 Å². The number of carbonyl (C=O) groups is 1. The smallest absolute Gasteiger partial charge is 0.270 e. The van der Waals surface area contributed by atoms with Crippen molar-refractivity contribution in [2.24, 2.45) is 0 Å². The third-order valence-electron chi connectivity index (χ3n) is 4.89. The number of nitrogens with zero attached hydrogens (tertiary/aromatic N) is 2. The molecule has 29 heavy (non-hydrogen) atoms. The lowest BCUT2D eigenvalue weighted by molar-refractivity contribution is -0.384. The predicted octanol–water partition coefficient (Wildman–Crippen LogP) is 3.67. The molecular formula is C20H24Cl2FN3O3. The fourth-order valence-corrected chi connectivity index (χ4v) is 3.40. The zero-order chi connectivity index (χ0) is 19.2. The Morgan fingerprint density at radius 1 is 1.21 bits per heavy atom. The minimum atomic E-state index is -0.502. The van der Waals surface area contributed by atoms with Gasteiger partial charge in [0.15, 0.2) is 5.78 Å². The molecule has 1 atom stereocenters. The summed E-state index contributed by atoms with van der Waals surface area (Å²) < 4.78 is 14.0. The summed E-state index contributed by atoms with van der Waals surface area (Å²) in [5.41, 5.74) is 0.937. The zero-order valence-corrected chi connectivity index (χ0v) is 17.4. The molecule has 9 heteroatoms. The quantitative estimate of drug-likeness (QED) is 0.401. The van der Waals surface area contributed by atoms with Gasteiger partial charge < -0.3 is 5.32 Å². The van der Waals surface area contributed by atoms with Crippen LogP contribution in [0.3, 0.4) is 0 Å². The summed E-state index contributed by atoms with van der Waals surface area (Å²) in [5, 5.41) is 14.2. The van der Waals surface area contributed by atoms with Gasteiger partial charge in [-0.05, 0) is 18.1 Å². The number of nitro benzene ring substituents is 1. The molecule has 2 aromatic carbocycles. The number of hydrogen-bond donors (Lipinski definition) is 1. The van der Waals surface area contributed by atoms with Crippen molar-refractivity contribution in [1.29, 1.82) is 0 Å². The molecule has 1 aliphatic heterocycles. The van der Waals surface area contributed by atoms with Crippen molar-refractivity contribution in [3.05, 3.63) is 75.6 Å². The van der Waals surface area contributed by atoms with Gasteiger partial charge in [-0.25, -0.2) is 4.39 Å². The third-order valence-corrected chi connectivity index (χ3v) is 4.89. The molecule has 1 heterocycles. The number of nitrogens with one attached hydrogen (secondary N) is 1. The Labute approximate surface area is 181 Å². The molecular weight excluding hydrogens is 420 g/mol. The van der Waals surface area contributed by atoms with Crippen LogP contribution in [0.2, 0.25) is 0 Å². The topological polar surface area (TPSA) is 75.5 Å². The number of carbonyl (C=O) groups excluding carboxylic acids is 1. The SMILES string of the molecule is Cl.Cl.O=C(CCN1CCNCC1Cc1ccccc1F)c1cccc([N+](=O)[O-])c1. The van der Waals surface area contributed by atoms with Crippen LogP contribution in [0, 0.1) is 15.9 Å². The van der Waals surface area contributed by atoms with Crippen LogP contribution >= 0.6 is 24.8 Å². The second kappa shape index (κ2) is 11.8. The van der Waals surface area contributed by atoms with Gasteiger partial charge in [0.1, 0.15) is 5.82 Å². The molecule has 0 aromatic heterocycles. The van der Waals surface area contributed by atoms with Gasteiger partial charge in [-0.3, -0.25) is 19.8 Å². The van der Waals surface area contributed by atoms with Crippen molar-refractivity contribution >= 4 is 36.3 Å². The first-order valence-corrected chi connectivity index (χ1v) is 9.00. The Hall–Kier alpha value is -2.06. The van der Waals surface area contributed by atoms with Crippen molar-refractivity contribution in [3.8, 4) is 0 Å². The van der Waals surface area contributed by atoms with Crippen molar-refractivity contribution < 1.29 is 14.1 Å². The molecule has 1 aliphatic rings. The van der Waals surface area contributed by atoms with Crippen LogP contribution in [0.25, 0.3) is 0 Å². The molecule has 1 unspecified atom stereocenters. The molecule has 0 aliphatic carbocycles. The Balaban J connectivity index is 0.00000210. The monoisotopic (exact) mass is 443 g/mol. The number of benzene rings is 2. The number of nitro groups is 1. The predicted molar refractivity (Wildman–Crippen MR) is 115 cm³/mol. The van der Waals surface area contributed by atoms with Gasteiger partial charge in [-0.2, -0.15) is 0 Å². The second-order valence-corrected chi connectivity index (χ2v) is 6.67. The van der Waals surface area contributed by atoms with E-state index >= 15 is 0 Å². The van der Waals surface area contributed by atoms with Crippen LogP contribution < -0.4 is 5.32 Å². The maximum Gasteiger partial charge on any atom is 0.270 e. The van der Waals surface area contributed by atoms with Crippen LogP contribution in [-0.4, -0.2) is 47.8 Å². The second-order valence-electron chi connectivity index (χ2n) is 6.67. The average molecular weight is 444 g/mol. The molecule has 2 aromatic rings. The number of ketones is 1. The highest BCUT2D eigenvalue weighted by Crippen LogP contribution is 2.17. The van der Waals surface area contributed by atoms with E-state index in [1.807, 2.05) is 6.07 Å². The normalized spacial score (nSPS) is 16.4. The summed E-state index contributed by atoms with van der Waals surface area (Å²) in [5.74, 6) is -0.336. The zero-order valence-electron chi connectivity index (χ0n) is 15.8. The van der Waals surface area contributed by atoms with Crippen LogP contribution in [0.15, 0.2) is 48.5 Å². The Morgan fingerprint density at radius 3 is 2.69 bits per heavy atom. The molecule has 6 nitrogen and oxygen atoms in total. The van der Waals surface area contributed by atoms with Gasteiger partial charge >= 0.3 is 0 Å². The lowest BCUT2D eigenvalue weighted by Gasteiger charge is -2.36. The fraction of sp³-hybridized carbons (Fsp3) is 0.350. The van der Waals surface area contributed by atoms with E-state index in [0.29, 0.717) is 24.1 Å². The van der Waals surface area contributed by atoms with Gasteiger partial charge in [-0.1, -0.05) is 30.3 Å². The maximum atomic E-state index is 14.0. The van der Waals surface area contributed by atoms with E-state index in [4.69, 9.17) is 0 Å². The van der Waals surface area contributed by atoms with E-state index in [1.165, 1.54) is 24.3 Å². The molecule has 0 saturated carbocycles. The van der Waals surface area contributed by atoms with E-state index < -0.39 is 4.92 Å². The number of rotatable bonds is 7. The highest BCUT2D eigenvalue weighted by molar-refractivity contribution is 5.96. The molecule has 0 bridgehead atoms. The highest BCUT2D eigenvalue weighted by atomic mass is 35.5. The van der Waals surface area contributed by atoms with E-state index in [0.717, 1.165) is 19.6 Å². The van der Waals surface area contributed by atoms with E-state index in [1.54, 1.807) is 18.2 Å². The summed E-state index contributed by atoms with van der Waals surface area (Å²) >= 11 is 0. The Morgan fingerprint density at radius 2 is 1.97 bits per heavy atom. The third kappa shape index (κ3) is 6.75. The van der Waals surface area contributed by atoms with Gasteiger partial charge in [0.25, 0.3) is 5.69 Å². The molecule has 0 amide bonds. The molecule has 3 rings (SSSR count). The Kier molecular flexibility index (Phi) is 10.2. The van der Waals surface area contributed by atoms with Crippen molar-refractivity contribution in [1.82, 2.24) is 10.2 Å². The number of hydrogen-bond acceptors (Lipinski definition) is 5. The van der Waals surface area contributed by atoms with Gasteiger partial charge in [-0.15, -0.1) is 24.8 Å². The van der Waals surface area contributed by atoms with Gasteiger partial charge in [0, 0.05) is 56.3 Å². The molecule has 0 spiro atoms. The largest absolute Gasteiger partial charge is 0.314 e. The molecule has 158 valence electrons. The summed E-state index contributed by atoms with van der Waals surface area (Å²) in [6, 6.07) is 12.7. The van der Waals surface area contributed by atoms with Crippen molar-refractivity contribution in [3.63, 3.8) is 0 Å². The van der Waals surface area contributed by atoms with Gasteiger partial charge in [0.05, 0.1) is 4.92 Å². The first-order chi connectivity index (χ1) is 13.0. The number of piperazine rings is 1. The standard InChI is InChI=1S/C20H22FN3O3.2ClH/c21-19-7-2-1-4-15(19)12-18-14-22-9-11-23(18)10-8-20(25)16-5-3-6-17(13-16)24(26)27;;/h1-7,13,18,22H,8-12,14H2;2*1H. The highest BCUT2D eigenvalue weighted by Gasteiger charge is 2.24. The fourth-order valence-electron chi connectivity index (χ4n) is 3.40. The average Bonchev–Trinajstić information content (AvgIpc) is 2.69. The van der Waals surface area contributed by atoms with Crippen molar-refractivity contribution in [2.75, 3.05) is 26.2 Å². The number of Topliss-reactive ketones (excluding diaryl/α,β-unsaturated/α-hetero) is 1. The van der Waals surface area contributed by atoms with E-state index in [-0.39, 0.29) is 54.6 Å². The van der Waals surface area contributed by atoms with E-state index in [9.17, 15) is 19.3 Å². The summed E-state index contributed by atoms with van der Waals surface area (Å²) in [7, 11) is 0. The minimum absolute atomic E-state index is 0. The molecule has 1 fully saturated rings. The van der Waals surface area contributed by atoms with Gasteiger partial charge in [0.2, 0.25) is 0 Å². The lowest BCUT2D eigenvalue weighted by atomic mass is 10.0. The first kappa shape index (κ1) is 25.0. The number of non-ortho nitro benzene ring substituents is 1. The molecule has 1 N–H and O–H groups in total. The summed E-state index contributed by atoms with van der Waals surface area (Å²) in [6.07, 6.45) is 0.847. The Bertz CT molecular complexity index is 838. The van der Waals surface area contributed by atoms with Crippen molar-refractivity contribution in [2.45, 2.75) is 18.9 Å². The maximum absolute atomic E-state index is 14.0. The van der Waals surface area contributed by atoms with Crippen LogP contribution in [-0.2, 0) is 6.42 Å². The molecule has 0 radical (unpaired) electrons. The first-order valence-electron chi connectivity index (χ1n) is 9.00. The summed E-state index contributed by atoms with van der Waals surface area (Å²) in [6.45, 7) is 2.88. The molecule has 1 saturated heterocycles.